The normalized spacial score (nSPS) is 11.2. The van der Waals surface area contributed by atoms with Crippen LogP contribution < -0.4 is 4.74 Å². The number of aliphatic hydroxyl groups excluding tert-OH is 1. The minimum absolute atomic E-state index is 0.00692. The molecule has 0 bridgehead atoms. The molecule has 0 aliphatic heterocycles. The van der Waals surface area contributed by atoms with Crippen molar-refractivity contribution in [3.05, 3.63) is 89.3 Å². The van der Waals surface area contributed by atoms with E-state index in [1.54, 1.807) is 22.7 Å². The summed E-state index contributed by atoms with van der Waals surface area (Å²) in [4.78, 5) is 2.34. The first-order valence-electron chi connectivity index (χ1n) is 9.29. The fraction of sp³-hybridized carbons (Fsp3) is 0.0833. The van der Waals surface area contributed by atoms with Crippen LogP contribution in [0.1, 0.15) is 11.1 Å². The lowest BCUT2D eigenvalue weighted by Gasteiger charge is -2.06. The van der Waals surface area contributed by atoms with E-state index >= 15 is 0 Å². The van der Waals surface area contributed by atoms with Gasteiger partial charge in [-0.2, -0.15) is 0 Å². The first kappa shape index (κ1) is 18.6. The van der Waals surface area contributed by atoms with Crippen LogP contribution in [-0.4, -0.2) is 5.11 Å². The first-order chi connectivity index (χ1) is 14.3. The van der Waals surface area contributed by atoms with Crippen molar-refractivity contribution in [2.75, 3.05) is 0 Å². The molecule has 0 aliphatic rings. The number of ether oxygens (including phenoxy) is 1. The molecule has 3 aromatic heterocycles. The van der Waals surface area contributed by atoms with Crippen LogP contribution in [0.2, 0.25) is 0 Å². The van der Waals surface area contributed by atoms with Crippen molar-refractivity contribution in [1.29, 1.82) is 0 Å². The molecule has 5 heteroatoms. The van der Waals surface area contributed by atoms with Gasteiger partial charge in [0.15, 0.2) is 5.06 Å². The Kier molecular flexibility index (Phi) is 5.21. The van der Waals surface area contributed by atoms with Crippen molar-refractivity contribution in [2.24, 2.45) is 0 Å². The van der Waals surface area contributed by atoms with Gasteiger partial charge >= 0.3 is 0 Å². The highest BCUT2D eigenvalue weighted by atomic mass is 32.1. The van der Waals surface area contributed by atoms with Crippen LogP contribution in [0.4, 0.5) is 0 Å². The van der Waals surface area contributed by atoms with Gasteiger partial charge in [-0.1, -0.05) is 72.0 Å². The lowest BCUT2D eigenvalue weighted by atomic mass is 10.1. The second-order valence-corrected chi connectivity index (χ2v) is 9.61. The molecular formula is C24H18O2S3. The Balaban J connectivity index is 1.47. The van der Waals surface area contributed by atoms with Gasteiger partial charge in [-0.3, -0.25) is 0 Å². The van der Waals surface area contributed by atoms with Gasteiger partial charge in [0, 0.05) is 20.0 Å². The van der Waals surface area contributed by atoms with Crippen LogP contribution in [0.3, 0.4) is 0 Å². The summed E-state index contributed by atoms with van der Waals surface area (Å²) >= 11 is 5.18. The van der Waals surface area contributed by atoms with Crippen LogP contribution in [0.15, 0.2) is 78.2 Å². The number of hydrogen-bond donors (Lipinski definition) is 1. The van der Waals surface area contributed by atoms with Crippen LogP contribution >= 0.6 is 34.0 Å². The molecule has 29 heavy (non-hydrogen) atoms. The molecule has 0 fully saturated rings. The fourth-order valence-corrected chi connectivity index (χ4v) is 6.78. The number of rotatable bonds is 6. The van der Waals surface area contributed by atoms with E-state index in [-0.39, 0.29) is 6.61 Å². The summed E-state index contributed by atoms with van der Waals surface area (Å²) in [5.41, 5.74) is 4.49. The maximum atomic E-state index is 9.81. The Labute approximate surface area is 181 Å². The maximum Gasteiger partial charge on any atom is 0.175 e. The van der Waals surface area contributed by atoms with E-state index in [2.05, 4.69) is 47.8 Å². The molecule has 2 aromatic carbocycles. The number of hydrogen-bond acceptors (Lipinski definition) is 5. The number of benzene rings is 2. The summed E-state index contributed by atoms with van der Waals surface area (Å²) in [6, 6.07) is 24.8. The predicted octanol–water partition coefficient (Wildman–Crippen LogP) is 7.43. The summed E-state index contributed by atoms with van der Waals surface area (Å²) in [5, 5.41) is 12.8. The van der Waals surface area contributed by atoms with Gasteiger partial charge in [0.25, 0.3) is 0 Å². The average Bonchev–Trinajstić information content (AvgIpc) is 3.48. The summed E-state index contributed by atoms with van der Waals surface area (Å²) in [6.45, 7) is 0.525. The fourth-order valence-electron chi connectivity index (χ4n) is 3.40. The van der Waals surface area contributed by atoms with Crippen molar-refractivity contribution < 1.29 is 9.84 Å². The Morgan fingerprint density at radius 3 is 2.17 bits per heavy atom. The third-order valence-electron chi connectivity index (χ3n) is 4.78. The molecule has 5 aromatic rings. The van der Waals surface area contributed by atoms with E-state index in [1.807, 2.05) is 41.7 Å². The first-order valence-corrected chi connectivity index (χ1v) is 11.8. The molecule has 0 unspecified atom stereocenters. The standard InChI is InChI=1S/C24H18O2S3/c25-14-18-13-21(29-22(18)16-7-3-1-4-8-16)26-15-19-23(17-9-5-2-6-10-17)28-20-11-12-27-24(19)20/h1-13,25H,14-15H2. The van der Waals surface area contributed by atoms with Gasteiger partial charge in [-0.05, 0) is 34.2 Å². The predicted molar refractivity (Wildman–Crippen MR) is 125 cm³/mol. The topological polar surface area (TPSA) is 29.5 Å². The summed E-state index contributed by atoms with van der Waals surface area (Å²) in [5.74, 6) is 0. The lowest BCUT2D eigenvalue weighted by molar-refractivity contribution is 0.281. The van der Waals surface area contributed by atoms with E-state index in [4.69, 9.17) is 4.74 Å². The van der Waals surface area contributed by atoms with Crippen LogP contribution in [0.5, 0.6) is 5.06 Å². The molecule has 0 radical (unpaired) electrons. The Morgan fingerprint density at radius 2 is 1.48 bits per heavy atom. The average molecular weight is 435 g/mol. The zero-order chi connectivity index (χ0) is 19.6. The molecule has 0 saturated heterocycles. The molecule has 0 amide bonds. The SMILES string of the molecule is OCc1cc(OCc2c(-c3ccccc3)sc3ccsc23)sc1-c1ccccc1. The zero-order valence-electron chi connectivity index (χ0n) is 15.5. The Bertz CT molecular complexity index is 1230. The third-order valence-corrected chi connectivity index (χ3v) is 8.27. The van der Waals surface area contributed by atoms with Crippen molar-refractivity contribution in [3.8, 4) is 25.9 Å². The summed E-state index contributed by atoms with van der Waals surface area (Å²) in [7, 11) is 0. The number of thiophene rings is 3. The minimum atomic E-state index is 0.00692. The molecule has 0 aliphatic carbocycles. The van der Waals surface area contributed by atoms with Gasteiger partial charge in [-0.25, -0.2) is 0 Å². The molecule has 0 spiro atoms. The van der Waals surface area contributed by atoms with E-state index in [9.17, 15) is 5.11 Å². The second kappa shape index (κ2) is 8.13. The van der Waals surface area contributed by atoms with E-state index < -0.39 is 0 Å². The van der Waals surface area contributed by atoms with E-state index in [1.165, 1.54) is 25.4 Å². The number of aliphatic hydroxyl groups is 1. The van der Waals surface area contributed by atoms with E-state index in [0.29, 0.717) is 6.61 Å². The molecule has 5 rings (SSSR count). The molecule has 2 nitrogen and oxygen atoms in total. The highest BCUT2D eigenvalue weighted by Crippen LogP contribution is 2.43. The second-order valence-electron chi connectivity index (χ2n) is 6.62. The van der Waals surface area contributed by atoms with Gasteiger partial charge in [0.2, 0.25) is 0 Å². The largest absolute Gasteiger partial charge is 0.479 e. The monoisotopic (exact) mass is 434 g/mol. The van der Waals surface area contributed by atoms with Gasteiger partial charge in [-0.15, -0.1) is 22.7 Å². The highest BCUT2D eigenvalue weighted by molar-refractivity contribution is 7.29. The molecule has 144 valence electrons. The molecular weight excluding hydrogens is 416 g/mol. The van der Waals surface area contributed by atoms with Crippen molar-refractivity contribution in [2.45, 2.75) is 13.2 Å². The summed E-state index contributed by atoms with van der Waals surface area (Å²) < 4.78 is 8.86. The quantitative estimate of drug-likeness (QED) is 0.301. The van der Waals surface area contributed by atoms with E-state index in [0.717, 1.165) is 21.1 Å². The van der Waals surface area contributed by atoms with Crippen LogP contribution in [0.25, 0.3) is 30.3 Å². The maximum absolute atomic E-state index is 9.81. The molecule has 0 saturated carbocycles. The van der Waals surface area contributed by atoms with Gasteiger partial charge < -0.3 is 9.84 Å². The van der Waals surface area contributed by atoms with Crippen molar-refractivity contribution in [1.82, 2.24) is 0 Å². The van der Waals surface area contributed by atoms with Crippen LogP contribution in [-0.2, 0) is 13.2 Å². The number of fused-ring (bicyclic) bond motifs is 1. The van der Waals surface area contributed by atoms with Crippen LogP contribution in [0, 0.1) is 0 Å². The minimum Gasteiger partial charge on any atom is -0.479 e. The summed E-state index contributed by atoms with van der Waals surface area (Å²) in [6.07, 6.45) is 0. The third kappa shape index (κ3) is 3.63. The Morgan fingerprint density at radius 1 is 0.793 bits per heavy atom. The van der Waals surface area contributed by atoms with Gasteiger partial charge in [0.05, 0.1) is 11.3 Å². The molecule has 1 N–H and O–H groups in total. The Hall–Kier alpha value is -2.44. The van der Waals surface area contributed by atoms with Crippen molar-refractivity contribution >= 4 is 43.4 Å². The molecule has 3 heterocycles. The van der Waals surface area contributed by atoms with Crippen molar-refractivity contribution in [3.63, 3.8) is 0 Å². The lowest BCUT2D eigenvalue weighted by Crippen LogP contribution is -1.94. The molecule has 0 atom stereocenters. The zero-order valence-corrected chi connectivity index (χ0v) is 17.9. The highest BCUT2D eigenvalue weighted by Gasteiger charge is 2.17. The smallest absolute Gasteiger partial charge is 0.175 e. The van der Waals surface area contributed by atoms with Gasteiger partial charge in [0.1, 0.15) is 6.61 Å².